The van der Waals surface area contributed by atoms with Gasteiger partial charge in [0.1, 0.15) is 11.6 Å². The van der Waals surface area contributed by atoms with Crippen molar-refractivity contribution in [2.24, 2.45) is 5.84 Å². The Labute approximate surface area is 109 Å². The maximum atomic E-state index is 13.1. The van der Waals surface area contributed by atoms with E-state index in [1.807, 2.05) is 6.92 Å². The first-order valence-electron chi connectivity index (χ1n) is 5.44. The highest BCUT2D eigenvalue weighted by atomic mass is 35.5. The van der Waals surface area contributed by atoms with Crippen LogP contribution in [0.25, 0.3) is 11.4 Å². The third kappa shape index (κ3) is 2.57. The van der Waals surface area contributed by atoms with Gasteiger partial charge in [-0.2, -0.15) is 0 Å². The van der Waals surface area contributed by atoms with Crippen molar-refractivity contribution in [1.29, 1.82) is 0 Å². The number of rotatable bonds is 3. The van der Waals surface area contributed by atoms with Crippen molar-refractivity contribution >= 4 is 17.4 Å². The summed E-state index contributed by atoms with van der Waals surface area (Å²) in [5.41, 5.74) is 3.97. The molecule has 0 radical (unpaired) electrons. The van der Waals surface area contributed by atoms with E-state index in [1.165, 1.54) is 12.1 Å². The van der Waals surface area contributed by atoms with Gasteiger partial charge in [-0.1, -0.05) is 18.5 Å². The molecule has 0 unspecified atom stereocenters. The number of nitrogens with one attached hydrogen (secondary N) is 1. The quantitative estimate of drug-likeness (QED) is 0.662. The zero-order valence-corrected chi connectivity index (χ0v) is 10.5. The Balaban J connectivity index is 2.51. The van der Waals surface area contributed by atoms with Crippen LogP contribution in [0, 0.1) is 5.82 Å². The van der Waals surface area contributed by atoms with Gasteiger partial charge in [-0.05, 0) is 24.6 Å². The molecule has 1 aromatic carbocycles. The van der Waals surface area contributed by atoms with Gasteiger partial charge in [0.05, 0.1) is 5.02 Å². The molecule has 0 aliphatic rings. The molecule has 0 fully saturated rings. The zero-order valence-electron chi connectivity index (χ0n) is 9.74. The highest BCUT2D eigenvalue weighted by Crippen LogP contribution is 2.23. The number of nitrogens with zero attached hydrogens (tertiary/aromatic N) is 2. The molecule has 1 heterocycles. The van der Waals surface area contributed by atoms with Gasteiger partial charge in [0.2, 0.25) is 0 Å². The summed E-state index contributed by atoms with van der Waals surface area (Å²) < 4.78 is 13.1. The standard InChI is InChI=1S/C12H12ClFN4/c1-2-8-6-11(18-15)17-12(16-8)7-3-4-10(14)9(13)5-7/h3-6H,2,15H2,1H3,(H,16,17,18). The maximum Gasteiger partial charge on any atom is 0.161 e. The lowest BCUT2D eigenvalue weighted by Crippen LogP contribution is -2.10. The van der Waals surface area contributed by atoms with E-state index in [1.54, 1.807) is 12.1 Å². The van der Waals surface area contributed by atoms with Crippen LogP contribution in [0.3, 0.4) is 0 Å². The summed E-state index contributed by atoms with van der Waals surface area (Å²) in [4.78, 5) is 8.57. The normalized spacial score (nSPS) is 10.4. The van der Waals surface area contributed by atoms with Gasteiger partial charge >= 0.3 is 0 Å². The number of anilines is 1. The molecule has 94 valence electrons. The molecule has 0 saturated heterocycles. The second kappa shape index (κ2) is 5.29. The lowest BCUT2D eigenvalue weighted by Gasteiger charge is -2.07. The molecule has 0 aliphatic carbocycles. The number of aryl methyl sites for hydroxylation is 1. The summed E-state index contributed by atoms with van der Waals surface area (Å²) in [5.74, 6) is 5.85. The SMILES string of the molecule is CCc1cc(NN)nc(-c2ccc(F)c(Cl)c2)n1. The summed E-state index contributed by atoms with van der Waals surface area (Å²) in [7, 11) is 0. The van der Waals surface area contributed by atoms with Crippen LogP contribution in [0.4, 0.5) is 10.2 Å². The van der Waals surface area contributed by atoms with Gasteiger partial charge in [0.25, 0.3) is 0 Å². The number of hydrazine groups is 1. The second-order valence-electron chi connectivity index (χ2n) is 3.69. The highest BCUT2D eigenvalue weighted by Gasteiger charge is 2.08. The van der Waals surface area contributed by atoms with Crippen molar-refractivity contribution in [3.05, 3.63) is 40.8 Å². The number of nitrogen functional groups attached to an aromatic ring is 1. The molecule has 2 rings (SSSR count). The van der Waals surface area contributed by atoms with Crippen LogP contribution in [0.15, 0.2) is 24.3 Å². The lowest BCUT2D eigenvalue weighted by atomic mass is 10.2. The van der Waals surface area contributed by atoms with Crippen molar-refractivity contribution in [3.8, 4) is 11.4 Å². The smallest absolute Gasteiger partial charge is 0.161 e. The van der Waals surface area contributed by atoms with Crippen molar-refractivity contribution < 1.29 is 4.39 Å². The van der Waals surface area contributed by atoms with Crippen LogP contribution < -0.4 is 11.3 Å². The van der Waals surface area contributed by atoms with E-state index in [2.05, 4.69) is 15.4 Å². The molecular formula is C12H12ClFN4. The lowest BCUT2D eigenvalue weighted by molar-refractivity contribution is 0.628. The van der Waals surface area contributed by atoms with E-state index >= 15 is 0 Å². The van der Waals surface area contributed by atoms with Gasteiger partial charge in [0, 0.05) is 17.3 Å². The van der Waals surface area contributed by atoms with Crippen LogP contribution in [0.5, 0.6) is 0 Å². The summed E-state index contributed by atoms with van der Waals surface area (Å²) in [5, 5.41) is 0.0419. The predicted octanol–water partition coefficient (Wildman–Crippen LogP) is 2.78. The van der Waals surface area contributed by atoms with Gasteiger partial charge in [-0.15, -0.1) is 0 Å². The first-order valence-corrected chi connectivity index (χ1v) is 5.82. The van der Waals surface area contributed by atoms with Gasteiger partial charge in [0.15, 0.2) is 5.82 Å². The zero-order chi connectivity index (χ0) is 13.1. The summed E-state index contributed by atoms with van der Waals surface area (Å²) in [6.07, 6.45) is 0.749. The number of aromatic nitrogens is 2. The van der Waals surface area contributed by atoms with Crippen molar-refractivity contribution in [3.63, 3.8) is 0 Å². The highest BCUT2D eigenvalue weighted by molar-refractivity contribution is 6.31. The van der Waals surface area contributed by atoms with Gasteiger partial charge in [-0.3, -0.25) is 0 Å². The van der Waals surface area contributed by atoms with Crippen LogP contribution in [0.2, 0.25) is 5.02 Å². The first kappa shape index (κ1) is 12.7. The van der Waals surface area contributed by atoms with Gasteiger partial charge < -0.3 is 5.43 Å². The van der Waals surface area contributed by atoms with E-state index in [0.717, 1.165) is 12.1 Å². The van der Waals surface area contributed by atoms with Crippen molar-refractivity contribution in [2.45, 2.75) is 13.3 Å². The third-order valence-electron chi connectivity index (χ3n) is 2.47. The Morgan fingerprint density at radius 3 is 2.72 bits per heavy atom. The fourth-order valence-electron chi connectivity index (χ4n) is 1.52. The molecular weight excluding hydrogens is 255 g/mol. The summed E-state index contributed by atoms with van der Waals surface area (Å²) in [6.45, 7) is 1.98. The van der Waals surface area contributed by atoms with Crippen LogP contribution in [-0.4, -0.2) is 9.97 Å². The minimum absolute atomic E-state index is 0.0419. The Morgan fingerprint density at radius 1 is 1.33 bits per heavy atom. The molecule has 18 heavy (non-hydrogen) atoms. The molecule has 4 nitrogen and oxygen atoms in total. The number of halogens is 2. The predicted molar refractivity (Wildman–Crippen MR) is 69.6 cm³/mol. The fraction of sp³-hybridized carbons (Fsp3) is 0.167. The topological polar surface area (TPSA) is 63.8 Å². The Hall–Kier alpha value is -1.72. The molecule has 3 N–H and O–H groups in total. The van der Waals surface area contributed by atoms with E-state index in [0.29, 0.717) is 17.2 Å². The van der Waals surface area contributed by atoms with Crippen LogP contribution in [-0.2, 0) is 6.42 Å². The Kier molecular flexibility index (Phi) is 3.74. The Bertz CT molecular complexity index is 552. The molecule has 0 saturated carbocycles. The molecule has 0 atom stereocenters. The minimum atomic E-state index is -0.468. The number of hydrogen-bond donors (Lipinski definition) is 2. The minimum Gasteiger partial charge on any atom is -0.308 e. The maximum absolute atomic E-state index is 13.1. The van der Waals surface area contributed by atoms with Crippen molar-refractivity contribution in [2.75, 3.05) is 5.43 Å². The van der Waals surface area contributed by atoms with E-state index in [-0.39, 0.29) is 5.02 Å². The molecule has 0 aliphatic heterocycles. The molecule has 6 heteroatoms. The third-order valence-corrected chi connectivity index (χ3v) is 2.76. The second-order valence-corrected chi connectivity index (χ2v) is 4.10. The average Bonchev–Trinajstić information content (AvgIpc) is 2.41. The monoisotopic (exact) mass is 266 g/mol. The summed E-state index contributed by atoms with van der Waals surface area (Å²) in [6, 6.07) is 6.12. The largest absolute Gasteiger partial charge is 0.308 e. The van der Waals surface area contributed by atoms with E-state index < -0.39 is 5.82 Å². The Morgan fingerprint density at radius 2 is 2.11 bits per heavy atom. The number of hydrogen-bond acceptors (Lipinski definition) is 4. The molecule has 0 bridgehead atoms. The van der Waals surface area contributed by atoms with E-state index in [9.17, 15) is 4.39 Å². The first-order chi connectivity index (χ1) is 8.63. The molecule has 1 aromatic heterocycles. The molecule has 0 amide bonds. The van der Waals surface area contributed by atoms with Crippen LogP contribution in [0.1, 0.15) is 12.6 Å². The number of benzene rings is 1. The van der Waals surface area contributed by atoms with Crippen LogP contribution >= 0.6 is 11.6 Å². The number of nitrogens with two attached hydrogens (primary N) is 1. The summed E-state index contributed by atoms with van der Waals surface area (Å²) >= 11 is 5.74. The molecule has 2 aromatic rings. The molecule has 0 spiro atoms. The van der Waals surface area contributed by atoms with Gasteiger partial charge in [-0.25, -0.2) is 20.2 Å². The van der Waals surface area contributed by atoms with Crippen molar-refractivity contribution in [1.82, 2.24) is 9.97 Å². The fourth-order valence-corrected chi connectivity index (χ4v) is 1.70. The van der Waals surface area contributed by atoms with E-state index in [4.69, 9.17) is 17.4 Å². The average molecular weight is 267 g/mol.